The number of hydrogen-bond donors (Lipinski definition) is 2. The summed E-state index contributed by atoms with van der Waals surface area (Å²) in [6.07, 6.45) is 0.428. The Bertz CT molecular complexity index is 1040. The second kappa shape index (κ2) is 7.95. The maximum absolute atomic E-state index is 12.3. The maximum Gasteiger partial charge on any atom is 0.251 e. The van der Waals surface area contributed by atoms with Crippen molar-refractivity contribution in [1.29, 1.82) is 0 Å². The van der Waals surface area contributed by atoms with E-state index in [9.17, 15) is 9.59 Å². The number of methoxy groups -OCH3 is 2. The van der Waals surface area contributed by atoms with Crippen molar-refractivity contribution in [3.8, 4) is 11.5 Å². The molecule has 27 heavy (non-hydrogen) atoms. The predicted octanol–water partition coefficient (Wildman–Crippen LogP) is 2.83. The second-order valence-electron chi connectivity index (χ2n) is 6.24. The molecule has 3 rings (SSSR count). The summed E-state index contributed by atoms with van der Waals surface area (Å²) in [6, 6.07) is 12.8. The molecule has 3 aromatic rings. The van der Waals surface area contributed by atoms with Gasteiger partial charge in [-0.1, -0.05) is 18.2 Å². The number of carbonyl (C=O) groups excluding carboxylic acids is 1. The molecule has 1 heterocycles. The lowest BCUT2D eigenvalue weighted by Gasteiger charge is -2.10. The number of aryl methyl sites for hydroxylation is 1. The first-order valence-corrected chi connectivity index (χ1v) is 8.65. The summed E-state index contributed by atoms with van der Waals surface area (Å²) in [5, 5.41) is 3.71. The van der Waals surface area contributed by atoms with Gasteiger partial charge in [-0.05, 0) is 37.1 Å². The number of nitrogens with one attached hydrogen (secondary N) is 2. The Balaban J connectivity index is 1.77. The van der Waals surface area contributed by atoms with E-state index in [1.807, 2.05) is 37.3 Å². The zero-order valence-corrected chi connectivity index (χ0v) is 15.6. The summed E-state index contributed by atoms with van der Waals surface area (Å²) in [5.74, 6) is 1.01. The number of aromatic amines is 1. The number of fused-ring (bicyclic) bond motifs is 1. The van der Waals surface area contributed by atoms with Crippen LogP contribution in [0.4, 0.5) is 0 Å². The van der Waals surface area contributed by atoms with Gasteiger partial charge in [-0.3, -0.25) is 9.59 Å². The molecule has 0 atom stereocenters. The van der Waals surface area contributed by atoms with Crippen LogP contribution in [-0.4, -0.2) is 31.7 Å². The molecule has 0 fully saturated rings. The molecule has 2 N–H and O–H groups in total. The van der Waals surface area contributed by atoms with Crippen molar-refractivity contribution in [3.63, 3.8) is 0 Å². The zero-order valence-electron chi connectivity index (χ0n) is 15.6. The number of carbonyl (C=O) groups is 1. The molecule has 2 aromatic carbocycles. The van der Waals surface area contributed by atoms with Gasteiger partial charge >= 0.3 is 0 Å². The quantitative estimate of drug-likeness (QED) is 0.703. The third-order valence-electron chi connectivity index (χ3n) is 4.49. The van der Waals surface area contributed by atoms with Gasteiger partial charge in [0.15, 0.2) is 11.5 Å². The molecule has 140 valence electrons. The molecule has 0 saturated carbocycles. The molecule has 0 saturated heterocycles. The highest BCUT2D eigenvalue weighted by atomic mass is 16.5. The van der Waals surface area contributed by atoms with Crippen LogP contribution in [0.3, 0.4) is 0 Å². The molecule has 1 amide bonds. The van der Waals surface area contributed by atoms with E-state index in [4.69, 9.17) is 9.47 Å². The van der Waals surface area contributed by atoms with Gasteiger partial charge in [0.25, 0.3) is 11.5 Å². The van der Waals surface area contributed by atoms with Crippen LogP contribution in [0.2, 0.25) is 0 Å². The maximum atomic E-state index is 12.3. The van der Waals surface area contributed by atoms with Crippen LogP contribution in [0.5, 0.6) is 11.5 Å². The van der Waals surface area contributed by atoms with E-state index in [1.54, 1.807) is 26.4 Å². The third-order valence-corrected chi connectivity index (χ3v) is 4.49. The van der Waals surface area contributed by atoms with Crippen LogP contribution in [0, 0.1) is 6.92 Å². The minimum atomic E-state index is -0.181. The van der Waals surface area contributed by atoms with Crippen molar-refractivity contribution in [2.24, 2.45) is 0 Å². The van der Waals surface area contributed by atoms with Crippen molar-refractivity contribution in [1.82, 2.24) is 10.3 Å². The van der Waals surface area contributed by atoms with E-state index >= 15 is 0 Å². The summed E-state index contributed by atoms with van der Waals surface area (Å²) >= 11 is 0. The Morgan fingerprint density at radius 1 is 1.07 bits per heavy atom. The Hall–Kier alpha value is -3.28. The smallest absolute Gasteiger partial charge is 0.251 e. The highest BCUT2D eigenvalue weighted by molar-refractivity contribution is 5.95. The van der Waals surface area contributed by atoms with E-state index < -0.39 is 0 Å². The lowest BCUT2D eigenvalue weighted by Crippen LogP contribution is -2.28. The number of hydrogen-bond acceptors (Lipinski definition) is 4. The van der Waals surface area contributed by atoms with Crippen molar-refractivity contribution in [2.75, 3.05) is 20.8 Å². The summed E-state index contributed by atoms with van der Waals surface area (Å²) in [7, 11) is 3.12. The van der Waals surface area contributed by atoms with Gasteiger partial charge in [0.2, 0.25) is 0 Å². The first-order chi connectivity index (χ1) is 13.0. The van der Waals surface area contributed by atoms with Crippen molar-refractivity contribution < 1.29 is 14.3 Å². The van der Waals surface area contributed by atoms with Crippen molar-refractivity contribution >= 4 is 16.8 Å². The van der Waals surface area contributed by atoms with Crippen LogP contribution in [0.25, 0.3) is 10.9 Å². The number of ether oxygens (including phenoxy) is 2. The average molecular weight is 366 g/mol. The van der Waals surface area contributed by atoms with E-state index in [2.05, 4.69) is 10.3 Å². The van der Waals surface area contributed by atoms with Gasteiger partial charge in [-0.25, -0.2) is 0 Å². The number of benzene rings is 2. The van der Waals surface area contributed by atoms with E-state index in [0.29, 0.717) is 41.1 Å². The molecule has 0 aliphatic rings. The van der Waals surface area contributed by atoms with Crippen molar-refractivity contribution in [2.45, 2.75) is 13.3 Å². The largest absolute Gasteiger partial charge is 0.493 e. The first-order valence-electron chi connectivity index (χ1n) is 8.65. The molecule has 0 bridgehead atoms. The van der Waals surface area contributed by atoms with Gasteiger partial charge in [0, 0.05) is 29.1 Å². The fourth-order valence-corrected chi connectivity index (χ4v) is 3.00. The highest BCUT2D eigenvalue weighted by Crippen LogP contribution is 2.31. The molecule has 6 heteroatoms. The monoisotopic (exact) mass is 366 g/mol. The fraction of sp³-hybridized carbons (Fsp3) is 0.238. The molecular formula is C21H22N2O4. The van der Waals surface area contributed by atoms with Gasteiger partial charge < -0.3 is 19.8 Å². The highest BCUT2D eigenvalue weighted by Gasteiger charge is 2.11. The number of aromatic nitrogens is 1. The van der Waals surface area contributed by atoms with Gasteiger partial charge in [0.05, 0.1) is 19.7 Å². The SMILES string of the molecule is COc1cc2cc(CCNC(=O)c3ccccc3C)c(=O)[nH]c2cc1OC. The second-order valence-corrected chi connectivity index (χ2v) is 6.24. The van der Waals surface area contributed by atoms with E-state index in [0.717, 1.165) is 10.9 Å². The Kier molecular flexibility index (Phi) is 5.45. The topological polar surface area (TPSA) is 80.4 Å². The lowest BCUT2D eigenvalue weighted by atomic mass is 10.1. The normalized spacial score (nSPS) is 10.6. The van der Waals surface area contributed by atoms with Crippen LogP contribution in [0.15, 0.2) is 47.3 Å². The average Bonchev–Trinajstić information content (AvgIpc) is 2.67. The van der Waals surface area contributed by atoms with E-state index in [-0.39, 0.29) is 11.5 Å². The molecule has 6 nitrogen and oxygen atoms in total. The van der Waals surface area contributed by atoms with Crippen LogP contribution < -0.4 is 20.3 Å². The third kappa shape index (κ3) is 3.95. The molecule has 0 spiro atoms. The molecule has 0 unspecified atom stereocenters. The van der Waals surface area contributed by atoms with E-state index in [1.165, 1.54) is 0 Å². The van der Waals surface area contributed by atoms with Gasteiger partial charge in [-0.15, -0.1) is 0 Å². The summed E-state index contributed by atoms with van der Waals surface area (Å²) < 4.78 is 10.6. The molecule has 1 aromatic heterocycles. The Morgan fingerprint density at radius 2 is 1.78 bits per heavy atom. The molecular weight excluding hydrogens is 344 g/mol. The first kappa shape index (κ1) is 18.5. The molecule has 0 aliphatic heterocycles. The molecule has 0 aliphatic carbocycles. The summed E-state index contributed by atoms with van der Waals surface area (Å²) in [5.41, 5.74) is 2.64. The van der Waals surface area contributed by atoms with Crippen LogP contribution in [0.1, 0.15) is 21.5 Å². The van der Waals surface area contributed by atoms with Crippen LogP contribution >= 0.6 is 0 Å². The number of pyridine rings is 1. The number of H-pyrrole nitrogens is 1. The summed E-state index contributed by atoms with van der Waals surface area (Å²) in [6.45, 7) is 2.26. The minimum absolute atomic E-state index is 0.142. The van der Waals surface area contributed by atoms with Crippen molar-refractivity contribution in [3.05, 3.63) is 69.5 Å². The number of amides is 1. The minimum Gasteiger partial charge on any atom is -0.493 e. The summed E-state index contributed by atoms with van der Waals surface area (Å²) in [4.78, 5) is 27.5. The van der Waals surface area contributed by atoms with Gasteiger partial charge in [0.1, 0.15) is 0 Å². The molecule has 0 radical (unpaired) electrons. The predicted molar refractivity (Wildman–Crippen MR) is 105 cm³/mol. The standard InChI is InChI=1S/C21H22N2O4/c1-13-6-4-5-7-16(13)21(25)22-9-8-14-10-15-11-18(26-2)19(27-3)12-17(15)23-20(14)24/h4-7,10-12H,8-9H2,1-3H3,(H,22,25)(H,23,24). The Labute approximate surface area is 157 Å². The van der Waals surface area contributed by atoms with Crippen LogP contribution in [-0.2, 0) is 6.42 Å². The van der Waals surface area contributed by atoms with Gasteiger partial charge in [-0.2, -0.15) is 0 Å². The Morgan fingerprint density at radius 3 is 2.48 bits per heavy atom. The zero-order chi connectivity index (χ0) is 19.4. The number of rotatable bonds is 6. The fourth-order valence-electron chi connectivity index (χ4n) is 3.00. The lowest BCUT2D eigenvalue weighted by molar-refractivity contribution is 0.0953.